The molecule has 1 N–H and O–H groups in total. The second-order valence-electron chi connectivity index (χ2n) is 7.36. The minimum atomic E-state index is -0.0162. The fourth-order valence-electron chi connectivity index (χ4n) is 3.77. The third kappa shape index (κ3) is 4.01. The Hall–Kier alpha value is -2.42. The van der Waals surface area contributed by atoms with E-state index < -0.39 is 0 Å². The second-order valence-corrected chi connectivity index (χ2v) is 9.42. The van der Waals surface area contributed by atoms with E-state index in [0.717, 1.165) is 30.0 Å². The van der Waals surface area contributed by atoms with Gasteiger partial charge < -0.3 is 10.2 Å². The van der Waals surface area contributed by atoms with Crippen LogP contribution in [0.15, 0.2) is 58.0 Å². The first-order chi connectivity index (χ1) is 14.1. The number of carbonyl (C=O) groups is 1. The van der Waals surface area contributed by atoms with Gasteiger partial charge in [0.05, 0.1) is 28.0 Å². The lowest BCUT2D eigenvalue weighted by Gasteiger charge is -2.22. The van der Waals surface area contributed by atoms with Crippen molar-refractivity contribution in [3.05, 3.63) is 64.4 Å². The minimum Gasteiger partial charge on any atom is -0.332 e. The Morgan fingerprint density at radius 1 is 1.17 bits per heavy atom. The summed E-state index contributed by atoms with van der Waals surface area (Å²) in [6.07, 6.45) is 0. The molecule has 8 heteroatoms. The van der Waals surface area contributed by atoms with E-state index in [1.807, 2.05) is 35.5 Å². The van der Waals surface area contributed by atoms with Crippen LogP contribution in [0.1, 0.15) is 11.4 Å². The van der Waals surface area contributed by atoms with E-state index in [1.165, 1.54) is 20.7 Å². The summed E-state index contributed by atoms with van der Waals surface area (Å²) < 4.78 is 3.60. The lowest BCUT2D eigenvalue weighted by molar-refractivity contribution is 0.208. The number of benzene rings is 1. The van der Waals surface area contributed by atoms with Gasteiger partial charge >= 0.3 is 6.03 Å². The molecule has 0 aliphatic carbocycles. The summed E-state index contributed by atoms with van der Waals surface area (Å²) in [5.74, 6) is 0. The highest BCUT2D eigenvalue weighted by Gasteiger charge is 2.32. The molecule has 0 fully saturated rings. The molecule has 29 heavy (non-hydrogen) atoms. The second kappa shape index (κ2) is 7.78. The molecule has 2 aliphatic heterocycles. The van der Waals surface area contributed by atoms with Crippen molar-refractivity contribution in [3.8, 4) is 0 Å². The number of nitrogens with one attached hydrogen (secondary N) is 1. The van der Waals surface area contributed by atoms with Crippen molar-refractivity contribution >= 4 is 39.5 Å². The SMILES string of the molecule is Cc1cccc(CNC(=O)N2CC3=C(CN(Sc4ccc5ncsc5c4)C3)C2)n1. The number of pyridine rings is 1. The molecule has 0 unspecified atom stereocenters. The molecule has 3 aromatic rings. The van der Waals surface area contributed by atoms with Gasteiger partial charge in [-0.2, -0.15) is 0 Å². The quantitative estimate of drug-likeness (QED) is 0.510. The van der Waals surface area contributed by atoms with Crippen LogP contribution < -0.4 is 5.32 Å². The molecule has 0 saturated carbocycles. The smallest absolute Gasteiger partial charge is 0.318 e. The molecule has 4 heterocycles. The van der Waals surface area contributed by atoms with Crippen molar-refractivity contribution in [3.63, 3.8) is 0 Å². The van der Waals surface area contributed by atoms with E-state index in [2.05, 4.69) is 37.8 Å². The number of nitrogens with zero attached hydrogens (tertiary/aromatic N) is 4. The van der Waals surface area contributed by atoms with Gasteiger partial charge in [0.15, 0.2) is 0 Å². The molecule has 2 aliphatic rings. The van der Waals surface area contributed by atoms with Crippen LogP contribution in [-0.4, -0.2) is 51.4 Å². The normalized spacial score (nSPS) is 16.7. The Morgan fingerprint density at radius 2 is 2.00 bits per heavy atom. The fourth-order valence-corrected chi connectivity index (χ4v) is 5.60. The van der Waals surface area contributed by atoms with E-state index in [-0.39, 0.29) is 6.03 Å². The summed E-state index contributed by atoms with van der Waals surface area (Å²) in [7, 11) is 0. The van der Waals surface area contributed by atoms with E-state index in [0.29, 0.717) is 19.6 Å². The molecule has 5 rings (SSSR count). The summed E-state index contributed by atoms with van der Waals surface area (Å²) in [4.78, 5) is 24.5. The summed E-state index contributed by atoms with van der Waals surface area (Å²) in [5, 5.41) is 3.00. The number of aryl methyl sites for hydroxylation is 1. The van der Waals surface area contributed by atoms with Crippen LogP contribution in [0.5, 0.6) is 0 Å². The highest BCUT2D eigenvalue weighted by Crippen LogP contribution is 2.34. The first-order valence-corrected chi connectivity index (χ1v) is 11.2. The summed E-state index contributed by atoms with van der Waals surface area (Å²) >= 11 is 3.46. The minimum absolute atomic E-state index is 0.0162. The largest absolute Gasteiger partial charge is 0.332 e. The van der Waals surface area contributed by atoms with Gasteiger partial charge in [0.2, 0.25) is 0 Å². The molecule has 2 aromatic heterocycles. The maximum atomic E-state index is 12.5. The number of rotatable bonds is 4. The Morgan fingerprint density at radius 3 is 2.79 bits per heavy atom. The molecule has 148 valence electrons. The van der Waals surface area contributed by atoms with Crippen molar-refractivity contribution < 1.29 is 4.79 Å². The summed E-state index contributed by atoms with van der Waals surface area (Å²) in [6, 6.07) is 12.3. The van der Waals surface area contributed by atoms with Crippen molar-refractivity contribution in [2.45, 2.75) is 18.4 Å². The van der Waals surface area contributed by atoms with Crippen LogP contribution in [0, 0.1) is 6.92 Å². The molecule has 0 radical (unpaired) electrons. The van der Waals surface area contributed by atoms with Crippen LogP contribution in [0.25, 0.3) is 10.2 Å². The average Bonchev–Trinajstić information content (AvgIpc) is 3.40. The van der Waals surface area contributed by atoms with Gasteiger partial charge in [-0.15, -0.1) is 11.3 Å². The first kappa shape index (κ1) is 18.6. The third-order valence-corrected chi connectivity index (χ3v) is 6.96. The van der Waals surface area contributed by atoms with Crippen LogP contribution >= 0.6 is 23.3 Å². The number of amides is 2. The van der Waals surface area contributed by atoms with E-state index in [4.69, 9.17) is 0 Å². The van der Waals surface area contributed by atoms with Gasteiger partial charge in [-0.1, -0.05) is 6.07 Å². The molecule has 0 spiro atoms. The van der Waals surface area contributed by atoms with Gasteiger partial charge in [0.1, 0.15) is 0 Å². The highest BCUT2D eigenvalue weighted by atomic mass is 32.2. The average molecular weight is 424 g/mol. The summed E-state index contributed by atoms with van der Waals surface area (Å²) in [6.45, 7) is 5.66. The van der Waals surface area contributed by atoms with Crippen LogP contribution in [0.2, 0.25) is 0 Å². The van der Waals surface area contributed by atoms with Crippen molar-refractivity contribution in [2.75, 3.05) is 26.2 Å². The Bertz CT molecular complexity index is 1090. The molecule has 0 saturated heterocycles. The number of thiazole rings is 1. The molecule has 1 aromatic carbocycles. The maximum absolute atomic E-state index is 12.5. The zero-order chi connectivity index (χ0) is 19.8. The maximum Gasteiger partial charge on any atom is 0.318 e. The zero-order valence-electron chi connectivity index (χ0n) is 16.1. The summed E-state index contributed by atoms with van der Waals surface area (Å²) in [5.41, 5.74) is 7.55. The standard InChI is InChI=1S/C21H21N5OS2/c1-14-3-2-4-17(24-14)8-22-21(27)25-9-15-11-26(12-16(15)10-25)29-18-5-6-19-20(7-18)28-13-23-19/h2-7,13H,8-12H2,1H3,(H,22,27). The van der Waals surface area contributed by atoms with Gasteiger partial charge in [0.25, 0.3) is 0 Å². The Kier molecular flexibility index (Phi) is 4.99. The lowest BCUT2D eigenvalue weighted by Crippen LogP contribution is -2.40. The topological polar surface area (TPSA) is 61.4 Å². The number of hydrogen-bond acceptors (Lipinski definition) is 6. The van der Waals surface area contributed by atoms with Gasteiger partial charge in [-0.25, -0.2) is 14.1 Å². The fraction of sp³-hybridized carbons (Fsp3) is 0.286. The van der Waals surface area contributed by atoms with Crippen LogP contribution in [-0.2, 0) is 6.54 Å². The number of aromatic nitrogens is 2. The molecular formula is C21H21N5OS2. The predicted molar refractivity (Wildman–Crippen MR) is 117 cm³/mol. The Balaban J connectivity index is 1.13. The van der Waals surface area contributed by atoms with E-state index >= 15 is 0 Å². The first-order valence-electron chi connectivity index (χ1n) is 9.55. The van der Waals surface area contributed by atoms with Crippen molar-refractivity contribution in [2.24, 2.45) is 0 Å². The monoisotopic (exact) mass is 423 g/mol. The predicted octanol–water partition coefficient (Wildman–Crippen LogP) is 3.84. The van der Waals surface area contributed by atoms with Crippen LogP contribution in [0.3, 0.4) is 0 Å². The highest BCUT2D eigenvalue weighted by molar-refractivity contribution is 7.97. The van der Waals surface area contributed by atoms with E-state index in [1.54, 1.807) is 23.3 Å². The Labute approximate surface area is 177 Å². The van der Waals surface area contributed by atoms with Gasteiger partial charge in [0, 0.05) is 36.8 Å². The van der Waals surface area contributed by atoms with Crippen molar-refractivity contribution in [1.29, 1.82) is 0 Å². The molecule has 6 nitrogen and oxygen atoms in total. The molecular weight excluding hydrogens is 402 g/mol. The zero-order valence-corrected chi connectivity index (χ0v) is 17.7. The van der Waals surface area contributed by atoms with Crippen molar-refractivity contribution in [1.82, 2.24) is 24.5 Å². The number of carbonyl (C=O) groups excluding carboxylic acids is 1. The molecule has 0 bridgehead atoms. The number of urea groups is 1. The van der Waals surface area contributed by atoms with Gasteiger partial charge in [-0.05, 0) is 60.3 Å². The lowest BCUT2D eigenvalue weighted by atomic mass is 10.2. The van der Waals surface area contributed by atoms with Crippen LogP contribution in [0.4, 0.5) is 4.79 Å². The van der Waals surface area contributed by atoms with E-state index in [9.17, 15) is 4.79 Å². The number of hydrogen-bond donors (Lipinski definition) is 1. The van der Waals surface area contributed by atoms with Gasteiger partial charge in [-0.3, -0.25) is 4.98 Å². The molecule has 2 amide bonds. The third-order valence-electron chi connectivity index (χ3n) is 5.19. The number of fused-ring (bicyclic) bond motifs is 1. The molecule has 0 atom stereocenters.